The average molecular weight is 241 g/mol. The smallest absolute Gasteiger partial charge is 0.351 e. The lowest BCUT2D eigenvalue weighted by atomic mass is 10.0. The van der Waals surface area contributed by atoms with Crippen LogP contribution in [0.5, 0.6) is 0 Å². The number of hydrogen-bond acceptors (Lipinski definition) is 6. The van der Waals surface area contributed by atoms with Crippen molar-refractivity contribution in [3.63, 3.8) is 0 Å². The van der Waals surface area contributed by atoms with Gasteiger partial charge >= 0.3 is 5.69 Å². The predicted molar refractivity (Wildman–Crippen MR) is 59.2 cm³/mol. The lowest BCUT2D eigenvalue weighted by Gasteiger charge is -2.24. The molecule has 7 heteroatoms. The van der Waals surface area contributed by atoms with E-state index in [1.54, 1.807) is 0 Å². The van der Waals surface area contributed by atoms with Crippen molar-refractivity contribution in [2.24, 2.45) is 0 Å². The van der Waals surface area contributed by atoms with Gasteiger partial charge in [-0.3, -0.25) is 4.57 Å². The minimum absolute atomic E-state index is 0.153. The number of aliphatic hydroxyl groups excluding tert-OH is 2. The fourth-order valence-electron chi connectivity index (χ4n) is 1.92. The van der Waals surface area contributed by atoms with Crippen molar-refractivity contribution >= 4 is 5.82 Å². The summed E-state index contributed by atoms with van der Waals surface area (Å²) < 4.78 is 6.85. The summed E-state index contributed by atoms with van der Waals surface area (Å²) in [7, 11) is 0. The number of aliphatic hydroxyl groups is 2. The maximum absolute atomic E-state index is 11.6. The van der Waals surface area contributed by atoms with Crippen LogP contribution in [-0.2, 0) is 4.74 Å². The first-order valence-electron chi connectivity index (χ1n) is 5.34. The standard InChI is InChI=1S/C10H15N3O4/c11-7-2-4-13(9(16)12-7)8-1-3-10(5-14,6-15)17-8/h2,4,8,14-15H,1,3,5-6H2,(H2,11,12,16)/t8-/m1/s1. The molecule has 2 heterocycles. The highest BCUT2D eigenvalue weighted by molar-refractivity contribution is 5.23. The highest BCUT2D eigenvalue weighted by Gasteiger charge is 2.40. The van der Waals surface area contributed by atoms with Gasteiger partial charge in [0.05, 0.1) is 13.2 Å². The van der Waals surface area contributed by atoms with Crippen LogP contribution in [0.4, 0.5) is 5.82 Å². The number of rotatable bonds is 3. The third-order valence-electron chi connectivity index (χ3n) is 2.97. The van der Waals surface area contributed by atoms with Crippen molar-refractivity contribution < 1.29 is 14.9 Å². The minimum Gasteiger partial charge on any atom is -0.393 e. The molecule has 1 aromatic rings. The molecule has 0 aromatic carbocycles. The van der Waals surface area contributed by atoms with Crippen molar-refractivity contribution in [2.45, 2.75) is 24.7 Å². The highest BCUT2D eigenvalue weighted by Crippen LogP contribution is 2.35. The van der Waals surface area contributed by atoms with E-state index in [0.717, 1.165) is 0 Å². The van der Waals surface area contributed by atoms with E-state index in [4.69, 9.17) is 10.5 Å². The lowest BCUT2D eigenvalue weighted by Crippen LogP contribution is -2.38. The molecule has 0 radical (unpaired) electrons. The van der Waals surface area contributed by atoms with Crippen LogP contribution in [0.2, 0.25) is 0 Å². The summed E-state index contributed by atoms with van der Waals surface area (Å²) in [5, 5.41) is 18.4. The highest BCUT2D eigenvalue weighted by atomic mass is 16.5. The molecule has 4 N–H and O–H groups in total. The molecule has 0 saturated carbocycles. The second-order valence-corrected chi connectivity index (χ2v) is 4.15. The van der Waals surface area contributed by atoms with E-state index in [1.807, 2.05) is 0 Å². The molecular formula is C10H15N3O4. The summed E-state index contributed by atoms with van der Waals surface area (Å²) in [4.78, 5) is 15.2. The number of hydrogen-bond donors (Lipinski definition) is 3. The molecule has 1 atom stereocenters. The van der Waals surface area contributed by atoms with Crippen LogP contribution in [0.1, 0.15) is 19.1 Å². The normalized spacial score (nSPS) is 22.8. The Balaban J connectivity index is 2.23. The van der Waals surface area contributed by atoms with Crippen molar-refractivity contribution in [1.29, 1.82) is 0 Å². The molecule has 0 amide bonds. The van der Waals surface area contributed by atoms with Gasteiger partial charge in [-0.05, 0) is 18.9 Å². The zero-order valence-corrected chi connectivity index (χ0v) is 9.24. The van der Waals surface area contributed by atoms with E-state index in [1.165, 1.54) is 16.8 Å². The Morgan fingerprint density at radius 1 is 1.59 bits per heavy atom. The van der Waals surface area contributed by atoms with Gasteiger partial charge in [0, 0.05) is 6.20 Å². The van der Waals surface area contributed by atoms with Crippen molar-refractivity contribution in [3.05, 3.63) is 22.7 Å². The maximum Gasteiger partial charge on any atom is 0.351 e. The van der Waals surface area contributed by atoms with E-state index in [2.05, 4.69) is 4.98 Å². The summed E-state index contributed by atoms with van der Waals surface area (Å²) >= 11 is 0. The van der Waals surface area contributed by atoms with Gasteiger partial charge in [0.1, 0.15) is 17.6 Å². The molecule has 1 saturated heterocycles. The number of nitrogens with zero attached hydrogens (tertiary/aromatic N) is 2. The van der Waals surface area contributed by atoms with Crippen LogP contribution >= 0.6 is 0 Å². The van der Waals surface area contributed by atoms with E-state index < -0.39 is 17.5 Å². The fourth-order valence-corrected chi connectivity index (χ4v) is 1.92. The Morgan fingerprint density at radius 2 is 2.29 bits per heavy atom. The topological polar surface area (TPSA) is 111 Å². The monoisotopic (exact) mass is 241 g/mol. The first-order valence-corrected chi connectivity index (χ1v) is 5.34. The first kappa shape index (κ1) is 12.0. The van der Waals surface area contributed by atoms with Gasteiger partial charge in [-0.1, -0.05) is 0 Å². The maximum atomic E-state index is 11.6. The van der Waals surface area contributed by atoms with E-state index in [0.29, 0.717) is 12.8 Å². The van der Waals surface area contributed by atoms with Crippen LogP contribution in [-0.4, -0.2) is 38.6 Å². The Labute approximate surface area is 97.5 Å². The lowest BCUT2D eigenvalue weighted by molar-refractivity contribution is -0.122. The van der Waals surface area contributed by atoms with Crippen LogP contribution in [0.3, 0.4) is 0 Å². The van der Waals surface area contributed by atoms with Gasteiger partial charge < -0.3 is 20.7 Å². The minimum atomic E-state index is -0.967. The molecule has 94 valence electrons. The van der Waals surface area contributed by atoms with Crippen LogP contribution in [0.25, 0.3) is 0 Å². The first-order chi connectivity index (χ1) is 8.10. The Bertz CT molecular complexity index is 455. The van der Waals surface area contributed by atoms with Crippen molar-refractivity contribution in [1.82, 2.24) is 9.55 Å². The second kappa shape index (κ2) is 4.44. The van der Waals surface area contributed by atoms with Crippen molar-refractivity contribution in [3.8, 4) is 0 Å². The Kier molecular flexibility index (Phi) is 3.14. The molecule has 0 unspecified atom stereocenters. The third kappa shape index (κ3) is 2.17. The van der Waals surface area contributed by atoms with Gasteiger partial charge in [-0.25, -0.2) is 4.79 Å². The third-order valence-corrected chi connectivity index (χ3v) is 2.97. The van der Waals surface area contributed by atoms with E-state index in [-0.39, 0.29) is 19.0 Å². The molecule has 0 aliphatic carbocycles. The molecule has 17 heavy (non-hydrogen) atoms. The van der Waals surface area contributed by atoms with E-state index >= 15 is 0 Å². The van der Waals surface area contributed by atoms with Crippen LogP contribution < -0.4 is 11.4 Å². The summed E-state index contributed by atoms with van der Waals surface area (Å²) in [5.41, 5.74) is 3.92. The molecule has 7 nitrogen and oxygen atoms in total. The zero-order valence-electron chi connectivity index (χ0n) is 9.24. The fraction of sp³-hybridized carbons (Fsp3) is 0.600. The number of nitrogens with two attached hydrogens (primary N) is 1. The molecular weight excluding hydrogens is 226 g/mol. The number of anilines is 1. The number of ether oxygens (including phenoxy) is 1. The SMILES string of the molecule is Nc1ccn([C@H]2CCC(CO)(CO)O2)c(=O)n1. The molecule has 1 fully saturated rings. The Hall–Kier alpha value is -1.44. The largest absolute Gasteiger partial charge is 0.393 e. The summed E-state index contributed by atoms with van der Waals surface area (Å²) in [6.07, 6.45) is 2.00. The number of nitrogen functional groups attached to an aromatic ring is 1. The molecule has 0 bridgehead atoms. The van der Waals surface area contributed by atoms with Gasteiger partial charge in [-0.15, -0.1) is 0 Å². The van der Waals surface area contributed by atoms with Gasteiger partial charge in [0.2, 0.25) is 0 Å². The summed E-state index contributed by atoms with van der Waals surface area (Å²) in [6.45, 7) is -0.561. The summed E-state index contributed by atoms with van der Waals surface area (Å²) in [6, 6.07) is 1.50. The van der Waals surface area contributed by atoms with Gasteiger partial charge in [0.15, 0.2) is 0 Å². The van der Waals surface area contributed by atoms with Crippen LogP contribution in [0, 0.1) is 0 Å². The quantitative estimate of drug-likeness (QED) is 0.616. The van der Waals surface area contributed by atoms with Crippen molar-refractivity contribution in [2.75, 3.05) is 18.9 Å². The predicted octanol–water partition coefficient (Wildman–Crippen LogP) is -1.14. The number of aromatic nitrogens is 2. The van der Waals surface area contributed by atoms with Crippen LogP contribution in [0.15, 0.2) is 17.1 Å². The molecule has 1 aliphatic heterocycles. The molecule has 1 aliphatic rings. The zero-order chi connectivity index (χ0) is 12.5. The van der Waals surface area contributed by atoms with E-state index in [9.17, 15) is 15.0 Å². The Morgan fingerprint density at radius 3 is 2.82 bits per heavy atom. The molecule has 1 aromatic heterocycles. The molecule has 0 spiro atoms. The van der Waals surface area contributed by atoms with Gasteiger partial charge in [0.25, 0.3) is 0 Å². The molecule has 2 rings (SSSR count). The van der Waals surface area contributed by atoms with Gasteiger partial charge in [-0.2, -0.15) is 4.98 Å². The summed E-state index contributed by atoms with van der Waals surface area (Å²) in [5.74, 6) is 0.153. The second-order valence-electron chi connectivity index (χ2n) is 4.15. The average Bonchev–Trinajstić information content (AvgIpc) is 2.74.